The molecular formula is C30H41N3O3. The van der Waals surface area contributed by atoms with Crippen molar-refractivity contribution in [2.24, 2.45) is 51.1 Å². The Bertz CT molecular complexity index is 1160. The monoisotopic (exact) mass is 491 g/mol. The number of hydrogen-bond donors (Lipinski definition) is 2. The molecule has 194 valence electrons. The van der Waals surface area contributed by atoms with Crippen LogP contribution in [0.3, 0.4) is 0 Å². The van der Waals surface area contributed by atoms with Gasteiger partial charge in [0.25, 0.3) is 0 Å². The minimum atomic E-state index is -0.503. The number of nitrogens with two attached hydrogens (primary N) is 1. The van der Waals surface area contributed by atoms with Crippen molar-refractivity contribution in [3.05, 3.63) is 23.3 Å². The van der Waals surface area contributed by atoms with Crippen molar-refractivity contribution in [2.75, 3.05) is 0 Å². The summed E-state index contributed by atoms with van der Waals surface area (Å²) in [5, 5.41) is 12.9. The van der Waals surface area contributed by atoms with Gasteiger partial charge in [0.05, 0.1) is 5.57 Å². The standard InChI is InChI=1S/C30H41N3O3/c1-17-19-7-8-28(5)22(27(19,4)14-18(16-31)24(17)35)13-21(34)23-20-15-26(2,3)9-11-30(20,33-25(32)36)12-10-29(23,28)6/h13-14,17,19-20,23H,7-12,15H2,1-6H3,(H3,32,33,36). The normalized spacial score (nSPS) is 47.1. The van der Waals surface area contributed by atoms with Gasteiger partial charge in [0, 0.05) is 22.8 Å². The van der Waals surface area contributed by atoms with Crippen LogP contribution >= 0.6 is 0 Å². The molecule has 0 saturated heterocycles. The molecule has 0 aromatic carbocycles. The van der Waals surface area contributed by atoms with Crippen LogP contribution in [-0.2, 0) is 9.59 Å². The molecule has 0 bridgehead atoms. The highest BCUT2D eigenvalue weighted by atomic mass is 16.2. The number of ketones is 2. The van der Waals surface area contributed by atoms with Gasteiger partial charge in [-0.3, -0.25) is 9.59 Å². The van der Waals surface area contributed by atoms with E-state index in [-0.39, 0.29) is 57.1 Å². The Labute approximate surface area is 215 Å². The molecule has 0 aromatic rings. The maximum atomic E-state index is 14.3. The van der Waals surface area contributed by atoms with Gasteiger partial charge in [0.15, 0.2) is 11.6 Å². The third-order valence-electron chi connectivity index (χ3n) is 11.9. The van der Waals surface area contributed by atoms with E-state index in [0.717, 1.165) is 50.5 Å². The van der Waals surface area contributed by atoms with Crippen LogP contribution < -0.4 is 11.1 Å². The molecule has 6 heteroatoms. The Morgan fingerprint density at radius 3 is 2.36 bits per heavy atom. The Morgan fingerprint density at radius 1 is 1.06 bits per heavy atom. The van der Waals surface area contributed by atoms with Gasteiger partial charge < -0.3 is 11.1 Å². The summed E-state index contributed by atoms with van der Waals surface area (Å²) in [6, 6.07) is 1.64. The smallest absolute Gasteiger partial charge is 0.312 e. The van der Waals surface area contributed by atoms with E-state index < -0.39 is 17.0 Å². The number of amides is 2. The fourth-order valence-corrected chi connectivity index (χ4v) is 9.72. The van der Waals surface area contributed by atoms with Crippen molar-refractivity contribution in [3.63, 3.8) is 0 Å². The lowest BCUT2D eigenvalue weighted by atomic mass is 9.36. The molecule has 3 N–H and O–H groups in total. The molecule has 8 unspecified atom stereocenters. The molecule has 0 radical (unpaired) electrons. The van der Waals surface area contributed by atoms with Crippen molar-refractivity contribution in [3.8, 4) is 6.07 Å². The van der Waals surface area contributed by atoms with E-state index in [4.69, 9.17) is 5.73 Å². The van der Waals surface area contributed by atoms with E-state index in [1.807, 2.05) is 19.1 Å². The fraction of sp³-hybridized carbons (Fsp3) is 0.733. The number of nitrogens with zero attached hydrogens (tertiary/aromatic N) is 1. The van der Waals surface area contributed by atoms with Crippen molar-refractivity contribution < 1.29 is 14.4 Å². The Hall–Kier alpha value is -2.42. The molecule has 5 aliphatic rings. The lowest BCUT2D eigenvalue weighted by molar-refractivity contribution is -0.158. The van der Waals surface area contributed by atoms with Gasteiger partial charge in [0.2, 0.25) is 0 Å². The summed E-state index contributed by atoms with van der Waals surface area (Å²) in [6.07, 6.45) is 9.94. The second kappa shape index (κ2) is 7.55. The second-order valence-corrected chi connectivity index (χ2v) is 14.1. The van der Waals surface area contributed by atoms with Crippen molar-refractivity contribution in [2.45, 2.75) is 92.0 Å². The van der Waals surface area contributed by atoms with Gasteiger partial charge >= 0.3 is 6.03 Å². The molecule has 0 aromatic heterocycles. The summed E-state index contributed by atoms with van der Waals surface area (Å²) in [4.78, 5) is 39.3. The van der Waals surface area contributed by atoms with Gasteiger partial charge in [-0.2, -0.15) is 5.26 Å². The maximum Gasteiger partial charge on any atom is 0.312 e. The maximum absolute atomic E-state index is 14.3. The Kier molecular flexibility index (Phi) is 5.30. The molecule has 0 spiro atoms. The zero-order valence-corrected chi connectivity index (χ0v) is 22.7. The number of carbonyl (C=O) groups excluding carboxylic acids is 3. The first-order chi connectivity index (χ1) is 16.6. The zero-order valence-electron chi connectivity index (χ0n) is 22.7. The highest BCUT2D eigenvalue weighted by molar-refractivity contribution is 6.02. The number of urea groups is 1. The number of allylic oxidation sites excluding steroid dienone is 4. The summed E-state index contributed by atoms with van der Waals surface area (Å²) < 4.78 is 0. The average molecular weight is 492 g/mol. The summed E-state index contributed by atoms with van der Waals surface area (Å²) >= 11 is 0. The van der Waals surface area contributed by atoms with Gasteiger partial charge in [-0.1, -0.05) is 53.2 Å². The van der Waals surface area contributed by atoms with Gasteiger partial charge in [-0.15, -0.1) is 0 Å². The van der Waals surface area contributed by atoms with Crippen LogP contribution in [0.2, 0.25) is 0 Å². The average Bonchev–Trinajstić information content (AvgIpc) is 2.78. The van der Waals surface area contributed by atoms with Crippen LogP contribution in [0.5, 0.6) is 0 Å². The van der Waals surface area contributed by atoms with Crippen molar-refractivity contribution in [1.29, 1.82) is 5.26 Å². The van der Waals surface area contributed by atoms with E-state index in [9.17, 15) is 19.6 Å². The molecule has 3 saturated carbocycles. The van der Waals surface area contributed by atoms with Crippen LogP contribution in [0, 0.1) is 56.7 Å². The number of hydrogen-bond acceptors (Lipinski definition) is 4. The topological polar surface area (TPSA) is 113 Å². The van der Waals surface area contributed by atoms with Crippen LogP contribution in [-0.4, -0.2) is 23.1 Å². The highest BCUT2D eigenvalue weighted by Crippen LogP contribution is 2.72. The SMILES string of the molecule is CC1C(=O)C(C#N)=CC2(C)C3=CC(=O)C4C5CC(C)(C)CCC5(NC(N)=O)CCC4(C)C3(C)CCC12. The van der Waals surface area contributed by atoms with Gasteiger partial charge in [-0.25, -0.2) is 4.79 Å². The first kappa shape index (κ1) is 25.2. The number of nitrogens with one attached hydrogen (secondary N) is 1. The fourth-order valence-electron chi connectivity index (χ4n) is 9.72. The predicted octanol–water partition coefficient (Wildman–Crippen LogP) is 5.24. The van der Waals surface area contributed by atoms with Crippen LogP contribution in [0.15, 0.2) is 23.3 Å². The predicted molar refractivity (Wildman–Crippen MR) is 137 cm³/mol. The van der Waals surface area contributed by atoms with Crippen molar-refractivity contribution in [1.82, 2.24) is 5.32 Å². The molecular weight excluding hydrogens is 450 g/mol. The molecule has 5 aliphatic carbocycles. The lowest BCUT2D eigenvalue weighted by Crippen LogP contribution is -2.69. The van der Waals surface area contributed by atoms with E-state index in [1.54, 1.807) is 0 Å². The van der Waals surface area contributed by atoms with E-state index in [0.29, 0.717) is 0 Å². The zero-order chi connectivity index (χ0) is 26.5. The quantitative estimate of drug-likeness (QED) is 0.522. The Morgan fingerprint density at radius 2 is 1.72 bits per heavy atom. The third-order valence-corrected chi connectivity index (χ3v) is 11.9. The summed E-state index contributed by atoms with van der Waals surface area (Å²) in [6.45, 7) is 13.2. The first-order valence-electron chi connectivity index (χ1n) is 13.7. The van der Waals surface area contributed by atoms with Gasteiger partial charge in [0.1, 0.15) is 6.07 Å². The molecule has 8 atom stereocenters. The first-order valence-corrected chi connectivity index (χ1v) is 13.7. The molecule has 5 rings (SSSR count). The summed E-state index contributed by atoms with van der Waals surface area (Å²) in [7, 11) is 0. The second-order valence-electron chi connectivity index (χ2n) is 14.1. The van der Waals surface area contributed by atoms with Crippen molar-refractivity contribution >= 4 is 17.6 Å². The molecule has 0 aliphatic heterocycles. The van der Waals surface area contributed by atoms with E-state index in [2.05, 4.69) is 46.0 Å². The van der Waals surface area contributed by atoms with Crippen LogP contribution in [0.1, 0.15) is 86.5 Å². The van der Waals surface area contributed by atoms with Gasteiger partial charge in [-0.05, 0) is 79.1 Å². The molecule has 2 amide bonds. The molecule has 6 nitrogen and oxygen atoms in total. The van der Waals surface area contributed by atoms with E-state index >= 15 is 0 Å². The molecule has 0 heterocycles. The molecule has 36 heavy (non-hydrogen) atoms. The number of rotatable bonds is 1. The number of Topliss-reactive ketones (excluding diaryl/α,β-unsaturated/α-hetero) is 1. The minimum Gasteiger partial charge on any atom is -0.352 e. The lowest BCUT2D eigenvalue weighted by Gasteiger charge is -2.68. The largest absolute Gasteiger partial charge is 0.352 e. The number of primary amides is 1. The Balaban J connectivity index is 1.68. The summed E-state index contributed by atoms with van der Waals surface area (Å²) in [5.41, 5.74) is 5.65. The minimum absolute atomic E-state index is 0.0252. The number of nitriles is 1. The highest BCUT2D eigenvalue weighted by Gasteiger charge is 2.69. The van der Waals surface area contributed by atoms with Crippen LogP contribution in [0.25, 0.3) is 0 Å². The summed E-state index contributed by atoms with van der Waals surface area (Å²) in [5.74, 6) is -0.257. The number of carbonyl (C=O) groups is 3. The van der Waals surface area contributed by atoms with E-state index in [1.165, 1.54) is 0 Å². The number of fused-ring (bicyclic) bond motifs is 7. The third kappa shape index (κ3) is 3.10. The molecule has 3 fully saturated rings. The van der Waals surface area contributed by atoms with Crippen LogP contribution in [0.4, 0.5) is 4.79 Å².